The minimum Gasteiger partial charge on any atom is -0.399 e. The van der Waals surface area contributed by atoms with Gasteiger partial charge in [0, 0.05) is 50.6 Å². The second-order valence-electron chi connectivity index (χ2n) is 7.79. The van der Waals surface area contributed by atoms with E-state index in [1.54, 1.807) is 11.1 Å². The van der Waals surface area contributed by atoms with Gasteiger partial charge in [-0.2, -0.15) is 0 Å². The van der Waals surface area contributed by atoms with E-state index in [-0.39, 0.29) is 17.2 Å². The molecule has 1 atom stereocenters. The Labute approximate surface area is 154 Å². The molecular weight excluding hydrogens is 324 g/mol. The van der Waals surface area contributed by atoms with Crippen molar-refractivity contribution in [3.63, 3.8) is 0 Å². The van der Waals surface area contributed by atoms with Gasteiger partial charge in [0.05, 0.1) is 5.92 Å². The molecule has 0 radical (unpaired) electrons. The van der Waals surface area contributed by atoms with Crippen LogP contribution in [0.4, 0.5) is 11.5 Å². The smallest absolute Gasteiger partial charge is 0.229 e. The number of carbonyl (C=O) groups is 1. The highest BCUT2D eigenvalue weighted by molar-refractivity contribution is 5.85. The zero-order valence-corrected chi connectivity index (χ0v) is 15.5. The molecule has 136 valence electrons. The van der Waals surface area contributed by atoms with Gasteiger partial charge in [-0.1, -0.05) is 24.3 Å². The third-order valence-corrected chi connectivity index (χ3v) is 6.06. The maximum absolute atomic E-state index is 12.7. The Balaban J connectivity index is 1.60. The summed E-state index contributed by atoms with van der Waals surface area (Å²) in [4.78, 5) is 21.3. The molecule has 4 rings (SSSR count). The van der Waals surface area contributed by atoms with Crippen molar-refractivity contribution in [2.24, 2.45) is 0 Å². The van der Waals surface area contributed by atoms with Crippen molar-refractivity contribution in [3.05, 3.63) is 53.7 Å². The second kappa shape index (κ2) is 6.31. The Hall–Kier alpha value is -2.56. The van der Waals surface area contributed by atoms with Crippen molar-refractivity contribution in [1.29, 1.82) is 0 Å². The zero-order chi connectivity index (χ0) is 18.3. The Bertz CT molecular complexity index is 824. The summed E-state index contributed by atoms with van der Waals surface area (Å²) < 4.78 is 0. The molecule has 2 N–H and O–H groups in total. The van der Waals surface area contributed by atoms with Gasteiger partial charge in [0.15, 0.2) is 0 Å². The van der Waals surface area contributed by atoms with Gasteiger partial charge < -0.3 is 15.5 Å². The molecule has 5 nitrogen and oxygen atoms in total. The fourth-order valence-electron chi connectivity index (χ4n) is 4.67. The lowest BCUT2D eigenvalue weighted by molar-refractivity contribution is -0.130. The van der Waals surface area contributed by atoms with Crippen LogP contribution in [-0.2, 0) is 10.2 Å². The summed E-state index contributed by atoms with van der Waals surface area (Å²) in [6.07, 6.45) is 4.77. The number of benzene rings is 1. The first-order chi connectivity index (χ1) is 12.5. The van der Waals surface area contributed by atoms with Crippen LogP contribution >= 0.6 is 0 Å². The highest BCUT2D eigenvalue weighted by Gasteiger charge is 2.47. The molecule has 1 saturated heterocycles. The van der Waals surface area contributed by atoms with E-state index >= 15 is 0 Å². The van der Waals surface area contributed by atoms with Gasteiger partial charge in [-0.15, -0.1) is 0 Å². The highest BCUT2D eigenvalue weighted by atomic mass is 16.2. The van der Waals surface area contributed by atoms with Crippen LogP contribution < -0.4 is 10.6 Å². The fourth-order valence-corrected chi connectivity index (χ4v) is 4.67. The Morgan fingerprint density at radius 1 is 1.23 bits per heavy atom. The number of nitrogens with zero attached hydrogens (tertiary/aromatic N) is 3. The maximum atomic E-state index is 12.7. The van der Waals surface area contributed by atoms with Crippen molar-refractivity contribution in [2.75, 3.05) is 37.8 Å². The predicted molar refractivity (Wildman–Crippen MR) is 104 cm³/mol. The van der Waals surface area contributed by atoms with Gasteiger partial charge >= 0.3 is 0 Å². The van der Waals surface area contributed by atoms with E-state index in [0.29, 0.717) is 0 Å². The number of rotatable bonds is 2. The molecule has 2 aliphatic rings. The van der Waals surface area contributed by atoms with Crippen molar-refractivity contribution in [3.8, 4) is 0 Å². The van der Waals surface area contributed by atoms with Gasteiger partial charge in [0.25, 0.3) is 0 Å². The molecule has 1 aromatic heterocycles. The number of carbonyl (C=O) groups excluding carboxylic acids is 1. The van der Waals surface area contributed by atoms with E-state index in [1.165, 1.54) is 11.1 Å². The maximum Gasteiger partial charge on any atom is 0.229 e. The van der Waals surface area contributed by atoms with Crippen molar-refractivity contribution in [1.82, 2.24) is 9.88 Å². The number of nitrogen functional groups attached to an aromatic ring is 1. The SMILES string of the molecule is CN(C)C(=O)[C@H]1CC2(CCN(c3cc(N)ccn3)CC2)c2ccccc21. The van der Waals surface area contributed by atoms with Crippen LogP contribution in [0.25, 0.3) is 0 Å². The van der Waals surface area contributed by atoms with Crippen LogP contribution in [0.5, 0.6) is 0 Å². The first-order valence-corrected chi connectivity index (χ1v) is 9.27. The number of hydrogen-bond donors (Lipinski definition) is 1. The van der Waals surface area contributed by atoms with Gasteiger partial charge in [0.1, 0.15) is 5.82 Å². The lowest BCUT2D eigenvalue weighted by atomic mass is 9.73. The monoisotopic (exact) mass is 350 g/mol. The molecule has 0 bridgehead atoms. The minimum atomic E-state index is -0.0155. The molecule has 1 aliphatic heterocycles. The van der Waals surface area contributed by atoms with Crippen LogP contribution in [0.2, 0.25) is 0 Å². The topological polar surface area (TPSA) is 62.5 Å². The number of amides is 1. The van der Waals surface area contributed by atoms with Gasteiger partial charge in [-0.05, 0) is 36.5 Å². The van der Waals surface area contributed by atoms with Gasteiger partial charge in [-0.25, -0.2) is 4.98 Å². The fraction of sp³-hybridized carbons (Fsp3) is 0.429. The van der Waals surface area contributed by atoms with Gasteiger partial charge in [-0.3, -0.25) is 4.79 Å². The van der Waals surface area contributed by atoms with Crippen LogP contribution in [-0.4, -0.2) is 43.0 Å². The van der Waals surface area contributed by atoms with Crippen LogP contribution in [0.1, 0.15) is 36.3 Å². The van der Waals surface area contributed by atoms with Crippen molar-refractivity contribution in [2.45, 2.75) is 30.6 Å². The Kier molecular flexibility index (Phi) is 4.10. The molecule has 1 amide bonds. The van der Waals surface area contributed by atoms with E-state index in [9.17, 15) is 4.79 Å². The van der Waals surface area contributed by atoms with Crippen LogP contribution in [0.15, 0.2) is 42.6 Å². The summed E-state index contributed by atoms with van der Waals surface area (Å²) in [7, 11) is 3.70. The molecule has 26 heavy (non-hydrogen) atoms. The Morgan fingerprint density at radius 3 is 2.65 bits per heavy atom. The highest BCUT2D eigenvalue weighted by Crippen LogP contribution is 2.52. The van der Waals surface area contributed by atoms with Crippen LogP contribution in [0.3, 0.4) is 0 Å². The third kappa shape index (κ3) is 2.71. The average Bonchev–Trinajstić information content (AvgIpc) is 2.96. The summed E-state index contributed by atoms with van der Waals surface area (Å²) in [6, 6.07) is 12.3. The Morgan fingerprint density at radius 2 is 1.96 bits per heavy atom. The number of likely N-dealkylation sites (N-methyl/N-ethyl adjacent to an activating group) is 1. The van der Waals surface area contributed by atoms with E-state index in [2.05, 4.69) is 34.1 Å². The summed E-state index contributed by atoms with van der Waals surface area (Å²) >= 11 is 0. The first kappa shape index (κ1) is 16.9. The van der Waals surface area contributed by atoms with E-state index in [0.717, 1.165) is 43.9 Å². The summed E-state index contributed by atoms with van der Waals surface area (Å²) in [5, 5.41) is 0. The molecular formula is C21H26N4O. The number of nitrogens with two attached hydrogens (primary N) is 1. The van der Waals surface area contributed by atoms with Crippen molar-refractivity contribution >= 4 is 17.4 Å². The number of aromatic nitrogens is 1. The van der Waals surface area contributed by atoms with Gasteiger partial charge in [0.2, 0.25) is 5.91 Å². The molecule has 0 saturated carbocycles. The second-order valence-corrected chi connectivity index (χ2v) is 7.79. The molecule has 1 aromatic carbocycles. The number of fused-ring (bicyclic) bond motifs is 2. The summed E-state index contributed by atoms with van der Waals surface area (Å²) in [5.41, 5.74) is 9.36. The normalized spacial score (nSPS) is 20.8. The van der Waals surface area contributed by atoms with E-state index in [4.69, 9.17) is 5.73 Å². The summed E-state index contributed by atoms with van der Waals surface area (Å²) in [6.45, 7) is 1.88. The predicted octanol–water partition coefficient (Wildman–Crippen LogP) is 2.78. The molecule has 1 aliphatic carbocycles. The van der Waals surface area contributed by atoms with E-state index in [1.807, 2.05) is 26.2 Å². The standard InChI is InChI=1S/C21H26N4O/c1-24(2)20(26)17-14-21(18-6-4-3-5-16(17)18)8-11-25(12-9-21)19-13-15(22)7-10-23-19/h3-7,10,13,17H,8-9,11-12,14H2,1-2H3,(H2,22,23)/t17-/m0/s1. The molecule has 5 heteroatoms. The largest absolute Gasteiger partial charge is 0.399 e. The first-order valence-electron chi connectivity index (χ1n) is 9.27. The van der Waals surface area contributed by atoms with Crippen molar-refractivity contribution < 1.29 is 4.79 Å². The minimum absolute atomic E-state index is 0.0155. The number of piperidine rings is 1. The lowest BCUT2D eigenvalue weighted by Crippen LogP contribution is -2.42. The van der Waals surface area contributed by atoms with Crippen LogP contribution in [0, 0.1) is 0 Å². The molecule has 1 spiro atoms. The zero-order valence-electron chi connectivity index (χ0n) is 15.5. The quantitative estimate of drug-likeness (QED) is 0.905. The number of hydrogen-bond acceptors (Lipinski definition) is 4. The molecule has 0 unspecified atom stereocenters. The average molecular weight is 350 g/mol. The number of anilines is 2. The molecule has 1 fully saturated rings. The third-order valence-electron chi connectivity index (χ3n) is 6.06. The lowest BCUT2D eigenvalue weighted by Gasteiger charge is -2.41. The number of pyridine rings is 1. The molecule has 2 aromatic rings. The summed E-state index contributed by atoms with van der Waals surface area (Å²) in [5.74, 6) is 1.15. The van der Waals surface area contributed by atoms with E-state index < -0.39 is 0 Å². The molecule has 2 heterocycles.